The van der Waals surface area contributed by atoms with Gasteiger partial charge in [-0.05, 0) is 407 Å². The molecule has 0 amide bonds. The van der Waals surface area contributed by atoms with Crippen LogP contribution in [-0.4, -0.2) is 44.9 Å². The molecule has 0 spiro atoms. The van der Waals surface area contributed by atoms with E-state index in [1.807, 2.05) is 109 Å². The first-order valence-electron chi connectivity index (χ1n) is 28.8. The van der Waals surface area contributed by atoms with Crippen LogP contribution in [0.5, 0.6) is 106 Å². The van der Waals surface area contributed by atoms with Crippen LogP contribution in [0.3, 0.4) is 0 Å². The predicted octanol–water partition coefficient (Wildman–Crippen LogP) is 35.4. The Bertz CT molecular complexity index is 4850. The highest BCUT2D eigenvalue weighted by atomic mass is 79.9. The van der Waals surface area contributed by atoms with Crippen LogP contribution in [0, 0.1) is 0 Å². The van der Waals surface area contributed by atoms with Crippen molar-refractivity contribution in [1.29, 1.82) is 0 Å². The molecular weight excluding hydrogens is 3060 g/mol. The number of aromatic nitrogens is 9. The van der Waals surface area contributed by atoms with Gasteiger partial charge in [0.15, 0.2) is 51.7 Å². The van der Waals surface area contributed by atoms with E-state index in [0.717, 1.165) is 42.4 Å². The van der Waals surface area contributed by atoms with E-state index in [0.29, 0.717) is 132 Å². The second kappa shape index (κ2) is 39.6. The summed E-state index contributed by atoms with van der Waals surface area (Å²) in [5.41, 5.74) is 1.19. The van der Waals surface area contributed by atoms with Crippen molar-refractivity contribution in [2.45, 2.75) is 19.3 Å². The van der Waals surface area contributed by atoms with Crippen LogP contribution < -0.4 is 42.6 Å². The van der Waals surface area contributed by atoms with E-state index in [1.54, 1.807) is 0 Å². The van der Waals surface area contributed by atoms with Crippen LogP contribution in [0.1, 0.15) is 25.0 Å². The molecule has 12 aromatic rings. The van der Waals surface area contributed by atoms with Gasteiger partial charge in [0, 0.05) is 36.7 Å². The van der Waals surface area contributed by atoms with Gasteiger partial charge < -0.3 is 42.6 Å². The van der Waals surface area contributed by atoms with Gasteiger partial charge >= 0.3 is 54.1 Å². The van der Waals surface area contributed by atoms with E-state index in [2.05, 4.69) is 457 Å². The lowest BCUT2D eigenvalue weighted by Crippen LogP contribution is -2.19. The standard InChI is InChI=1S/C45H18Br16N6O6.C21H6Br9N3O3/c1-45(2,15-3-21(50)33(22(51)4-15)68-39-62-41(70-35-25(54)7-17(46)8-26(35)55)66-42(63-39)71-36-27(56)9-18(47)10-28(36)57)16-5-23(52)34(24(53)6-16)69-40-64-43(72-37-29(58)11-19(48)12-30(37)59)67-44(65-40)73-38-31(60)13-20(49)14-32(38)61;22-7-1-10(25)16(11(26)2-7)34-19-31-20(35-17-12(27)3-8(23)4-13(17)28)33-21(32-19)36-18-14(29)5-9(24)6-15(18)30/h3-14H,1-2H3;1-6H. The molecule has 43 heteroatoms. The largest absolute Gasteiger partial charge is 0.422 e. The quantitative estimate of drug-likeness (QED) is 0.0697. The summed E-state index contributed by atoms with van der Waals surface area (Å²) in [5, 5.41) is 0. The van der Waals surface area contributed by atoms with Gasteiger partial charge in [0.25, 0.3) is 0 Å². The third-order valence-electron chi connectivity index (χ3n) is 13.6. The monoisotopic (exact) mass is 3060 g/mol. The third kappa shape index (κ3) is 23.4. The van der Waals surface area contributed by atoms with Gasteiger partial charge in [0.05, 0.1) is 80.5 Å². The van der Waals surface area contributed by atoms with Gasteiger partial charge in [-0.2, -0.15) is 0 Å². The van der Waals surface area contributed by atoms with E-state index in [1.165, 1.54) is 0 Å². The van der Waals surface area contributed by atoms with E-state index in [4.69, 9.17) is 42.6 Å². The minimum Gasteiger partial charge on any atom is -0.422 e. The summed E-state index contributed by atoms with van der Waals surface area (Å²) in [4.78, 5) is 40.1. The van der Waals surface area contributed by atoms with Crippen molar-refractivity contribution in [3.05, 3.63) is 232 Å². The van der Waals surface area contributed by atoms with Crippen LogP contribution in [0.4, 0.5) is 0 Å². The van der Waals surface area contributed by atoms with Gasteiger partial charge in [-0.25, -0.2) is 0 Å². The highest BCUT2D eigenvalue weighted by molar-refractivity contribution is 9.15. The number of ether oxygens (including phenoxy) is 9. The summed E-state index contributed by atoms with van der Waals surface area (Å²) in [6.45, 7) is 4.17. The van der Waals surface area contributed by atoms with E-state index >= 15 is 0 Å². The van der Waals surface area contributed by atoms with Crippen LogP contribution >= 0.6 is 398 Å². The summed E-state index contributed by atoms with van der Waals surface area (Å²) >= 11 is 88.8. The predicted molar refractivity (Wildman–Crippen MR) is 503 cm³/mol. The molecule has 0 radical (unpaired) electrons. The molecule has 0 saturated carbocycles. The van der Waals surface area contributed by atoms with Crippen molar-refractivity contribution in [1.82, 2.24) is 44.9 Å². The second-order valence-corrected chi connectivity index (χ2v) is 43.3. The minimum absolute atomic E-state index is 0.0487. The maximum Gasteiger partial charge on any atom is 0.331 e. The fourth-order valence-electron chi connectivity index (χ4n) is 8.78. The van der Waals surface area contributed by atoms with Crippen molar-refractivity contribution in [2.24, 2.45) is 0 Å². The number of rotatable bonds is 20. The minimum atomic E-state index is -0.620. The lowest BCUT2D eigenvalue weighted by molar-refractivity contribution is 0.357. The Labute approximate surface area is 829 Å². The topological polar surface area (TPSA) is 199 Å². The molecule has 0 aliphatic carbocycles. The molecular formula is C66H24Br25N9O9. The van der Waals surface area contributed by atoms with E-state index in [9.17, 15) is 0 Å². The van der Waals surface area contributed by atoms with Crippen molar-refractivity contribution in [3.63, 3.8) is 0 Å². The first kappa shape index (κ1) is 90.0. The maximum atomic E-state index is 6.40. The summed E-state index contributed by atoms with van der Waals surface area (Å²) in [6.07, 6.45) is 0. The molecule has 0 bridgehead atoms. The van der Waals surface area contributed by atoms with Gasteiger partial charge in [-0.1, -0.05) is 125 Å². The van der Waals surface area contributed by atoms with Gasteiger partial charge in [0.2, 0.25) is 0 Å². The number of hydrogen-bond acceptors (Lipinski definition) is 18. The molecule has 3 heterocycles. The molecule has 3 aromatic heterocycles. The van der Waals surface area contributed by atoms with Crippen LogP contribution in [-0.2, 0) is 5.41 Å². The number of halogens is 25. The second-order valence-electron chi connectivity index (χ2n) is 21.5. The molecule has 9 aromatic carbocycles. The van der Waals surface area contributed by atoms with Gasteiger partial charge in [-0.15, -0.1) is 44.9 Å². The molecule has 562 valence electrons. The first-order valence-corrected chi connectivity index (χ1v) is 48.6. The highest BCUT2D eigenvalue weighted by Crippen LogP contribution is 2.51. The molecule has 0 aliphatic heterocycles. The maximum absolute atomic E-state index is 6.40. The lowest BCUT2D eigenvalue weighted by atomic mass is 9.78. The van der Waals surface area contributed by atoms with E-state index in [-0.39, 0.29) is 54.1 Å². The van der Waals surface area contributed by atoms with Gasteiger partial charge in [-0.3, -0.25) is 0 Å². The SMILES string of the molecule is Brc1cc(Br)c(Oc2nc(Oc3c(Br)cc(Br)cc3Br)nc(Oc3c(Br)cc(Br)cc3Br)n2)c(Br)c1.CC(C)(c1cc(Br)c(Oc2nc(Oc3c(Br)cc(Br)cc3Br)nc(Oc3c(Br)cc(Br)cc3Br)n2)c(Br)c1)c1cc(Br)c(Oc2nc(Oc3c(Br)cc(Br)cc3Br)nc(Oc3c(Br)cc(Br)cc3Br)n2)c(Br)c1. The Morgan fingerprint density at radius 2 is 0.257 bits per heavy atom. The van der Waals surface area contributed by atoms with Crippen molar-refractivity contribution < 1.29 is 42.6 Å². The smallest absolute Gasteiger partial charge is 0.331 e. The molecule has 109 heavy (non-hydrogen) atoms. The normalized spacial score (nSPS) is 11.3. The third-order valence-corrected chi connectivity index (χ3v) is 27.5. The Hall–Kier alpha value is 0.210. The zero-order chi connectivity index (χ0) is 78.9. The molecule has 0 aliphatic rings. The summed E-state index contributed by atoms with van der Waals surface area (Å²) < 4.78 is 72.9. The number of hydrogen-bond donors (Lipinski definition) is 0. The van der Waals surface area contributed by atoms with Crippen LogP contribution in [0.25, 0.3) is 0 Å². The Balaban J connectivity index is 0.000000273. The van der Waals surface area contributed by atoms with Crippen LogP contribution in [0.15, 0.2) is 221 Å². The average molecular weight is 3080 g/mol. The summed E-state index contributed by atoms with van der Waals surface area (Å²) in [5.74, 6) is 3.75. The molecule has 0 atom stereocenters. The Morgan fingerprint density at radius 1 is 0.165 bits per heavy atom. The van der Waals surface area contributed by atoms with Crippen molar-refractivity contribution in [2.75, 3.05) is 0 Å². The van der Waals surface area contributed by atoms with Crippen molar-refractivity contribution in [3.8, 4) is 106 Å². The highest BCUT2D eigenvalue weighted by Gasteiger charge is 2.31. The Morgan fingerprint density at radius 3 is 0.358 bits per heavy atom. The number of benzene rings is 9. The van der Waals surface area contributed by atoms with Crippen LogP contribution in [0.2, 0.25) is 0 Å². The molecule has 12 rings (SSSR count). The zero-order valence-electron chi connectivity index (χ0n) is 52.5. The number of nitrogens with zero attached hydrogens (tertiary/aromatic N) is 9. The van der Waals surface area contributed by atoms with E-state index < -0.39 is 5.41 Å². The average Bonchev–Trinajstić information content (AvgIpc) is 0.763. The van der Waals surface area contributed by atoms with Crippen molar-refractivity contribution >= 4 is 398 Å². The molecule has 18 nitrogen and oxygen atoms in total. The summed E-state index contributed by atoms with van der Waals surface area (Å²) in [6, 6.07) is 32.6. The molecule has 0 saturated heterocycles. The lowest BCUT2D eigenvalue weighted by Gasteiger charge is -2.28. The first-order chi connectivity index (χ1) is 51.4. The molecule has 0 N–H and O–H groups in total. The van der Waals surface area contributed by atoms with Gasteiger partial charge in [0.1, 0.15) is 0 Å². The summed E-state index contributed by atoms with van der Waals surface area (Å²) in [7, 11) is 0. The zero-order valence-corrected chi connectivity index (χ0v) is 92.2. The molecule has 0 fully saturated rings. The Kier molecular flexibility index (Phi) is 32.7. The fraction of sp³-hybridized carbons (Fsp3) is 0.0455. The fourth-order valence-corrected chi connectivity index (χ4v) is 28.4. The molecule has 0 unspecified atom stereocenters.